The van der Waals surface area contributed by atoms with Gasteiger partial charge in [-0.1, -0.05) is 36.8 Å². The molecule has 2 N–H and O–H groups in total. The Bertz CT molecular complexity index is 805. The maximum atomic E-state index is 12.4. The van der Waals surface area contributed by atoms with Crippen molar-refractivity contribution in [3.63, 3.8) is 0 Å². The molecule has 6 nitrogen and oxygen atoms in total. The van der Waals surface area contributed by atoms with Crippen LogP contribution in [-0.4, -0.2) is 25.8 Å². The van der Waals surface area contributed by atoms with E-state index in [2.05, 4.69) is 9.97 Å². The number of aryl methyl sites for hydroxylation is 1. The quantitative estimate of drug-likeness (QED) is 0.838. The smallest absolute Gasteiger partial charge is 0.233 e. The Morgan fingerprint density at radius 3 is 2.62 bits per heavy atom. The number of nitrogens with zero attached hydrogens (tertiary/aromatic N) is 3. The lowest BCUT2D eigenvalue weighted by Gasteiger charge is -2.17. The van der Waals surface area contributed by atoms with Gasteiger partial charge in [-0.15, -0.1) is 0 Å². The van der Waals surface area contributed by atoms with E-state index in [9.17, 15) is 9.00 Å². The minimum absolute atomic E-state index is 0.0648. The molecule has 0 spiro atoms. The van der Waals surface area contributed by atoms with Crippen molar-refractivity contribution < 1.29 is 9.00 Å². The predicted octanol–water partition coefficient (Wildman–Crippen LogP) is 1.97. The zero-order valence-corrected chi connectivity index (χ0v) is 14.6. The van der Waals surface area contributed by atoms with Gasteiger partial charge in [-0.25, -0.2) is 9.97 Å². The van der Waals surface area contributed by atoms with Gasteiger partial charge in [-0.05, 0) is 18.9 Å². The summed E-state index contributed by atoms with van der Waals surface area (Å²) in [6.45, 7) is 4.38. The van der Waals surface area contributed by atoms with Crippen LogP contribution in [0.4, 0.5) is 11.6 Å². The van der Waals surface area contributed by atoms with Crippen molar-refractivity contribution in [1.29, 1.82) is 0 Å². The molecular weight excluding hydrogens is 324 g/mol. The molecule has 2 aromatic rings. The van der Waals surface area contributed by atoms with Gasteiger partial charge in [0.15, 0.2) is 0 Å². The van der Waals surface area contributed by atoms with E-state index in [4.69, 9.17) is 5.73 Å². The average molecular weight is 344 g/mol. The summed E-state index contributed by atoms with van der Waals surface area (Å²) in [6, 6.07) is 7.99. The number of carbonyl (C=O) groups is 1. The molecule has 1 aliphatic heterocycles. The van der Waals surface area contributed by atoms with Gasteiger partial charge in [0.05, 0.1) is 23.8 Å². The van der Waals surface area contributed by atoms with E-state index in [1.807, 2.05) is 38.1 Å². The number of fused-ring (bicyclic) bond motifs is 1. The van der Waals surface area contributed by atoms with E-state index in [1.54, 1.807) is 4.90 Å². The third-order valence-electron chi connectivity index (χ3n) is 3.94. The molecule has 1 atom stereocenters. The Morgan fingerprint density at radius 1 is 1.25 bits per heavy atom. The van der Waals surface area contributed by atoms with Crippen LogP contribution in [-0.2, 0) is 28.6 Å². The van der Waals surface area contributed by atoms with Crippen LogP contribution in [0, 0.1) is 6.92 Å². The highest BCUT2D eigenvalue weighted by atomic mass is 32.2. The first kappa shape index (κ1) is 16.6. The summed E-state index contributed by atoms with van der Waals surface area (Å²) in [4.78, 5) is 22.5. The number of carbonyl (C=O) groups excluding carboxylic acids is 1. The van der Waals surface area contributed by atoms with Crippen molar-refractivity contribution >= 4 is 28.3 Å². The molecule has 0 saturated carbocycles. The van der Waals surface area contributed by atoms with Crippen molar-refractivity contribution in [2.45, 2.75) is 38.4 Å². The van der Waals surface area contributed by atoms with Crippen LogP contribution >= 0.6 is 0 Å². The first-order valence-electron chi connectivity index (χ1n) is 7.90. The molecule has 7 heteroatoms. The number of nitrogen functional groups attached to an aromatic ring is 1. The summed E-state index contributed by atoms with van der Waals surface area (Å²) in [7, 11) is -1.30. The third-order valence-corrected chi connectivity index (χ3v) is 5.30. The summed E-state index contributed by atoms with van der Waals surface area (Å²) in [6.07, 6.45) is 0.951. The van der Waals surface area contributed by atoms with Gasteiger partial charge in [0.25, 0.3) is 0 Å². The maximum absolute atomic E-state index is 12.4. The monoisotopic (exact) mass is 344 g/mol. The lowest BCUT2D eigenvalue weighted by molar-refractivity contribution is -0.117. The Labute approximate surface area is 143 Å². The molecule has 0 saturated heterocycles. The van der Waals surface area contributed by atoms with Gasteiger partial charge >= 0.3 is 0 Å². The van der Waals surface area contributed by atoms with Gasteiger partial charge in [-0.3, -0.25) is 13.9 Å². The minimum atomic E-state index is -1.30. The molecule has 0 bridgehead atoms. The van der Waals surface area contributed by atoms with Crippen molar-refractivity contribution in [3.8, 4) is 0 Å². The van der Waals surface area contributed by atoms with Crippen LogP contribution in [0.3, 0.4) is 0 Å². The van der Waals surface area contributed by atoms with Crippen molar-refractivity contribution in [2.24, 2.45) is 0 Å². The van der Waals surface area contributed by atoms with Crippen LogP contribution < -0.4 is 10.6 Å². The Hall–Kier alpha value is -2.28. The van der Waals surface area contributed by atoms with Crippen LogP contribution in [0.2, 0.25) is 0 Å². The first-order valence-corrected chi connectivity index (χ1v) is 9.22. The van der Waals surface area contributed by atoms with Crippen LogP contribution in [0.15, 0.2) is 29.4 Å². The second kappa shape index (κ2) is 6.68. The highest BCUT2D eigenvalue weighted by molar-refractivity contribution is 7.84. The molecule has 1 unspecified atom stereocenters. The highest BCUT2D eigenvalue weighted by Crippen LogP contribution is 2.32. The molecule has 2 heterocycles. The topological polar surface area (TPSA) is 89.2 Å². The van der Waals surface area contributed by atoms with Gasteiger partial charge in [0, 0.05) is 11.3 Å². The lowest BCUT2D eigenvalue weighted by Crippen LogP contribution is -2.27. The SMILES string of the molecule is CCCS(=O)c1nc(N)c2c(n1)N(Cc1ccc(C)cc1)C(=O)C2. The zero-order valence-electron chi connectivity index (χ0n) is 13.8. The predicted molar refractivity (Wildman–Crippen MR) is 94.1 cm³/mol. The van der Waals surface area contributed by atoms with Gasteiger partial charge in [0.1, 0.15) is 11.6 Å². The number of amides is 1. The summed E-state index contributed by atoms with van der Waals surface area (Å²) < 4.78 is 12.2. The number of aromatic nitrogens is 2. The molecule has 1 aromatic carbocycles. The molecule has 0 aliphatic carbocycles. The molecular formula is C17H20N4O2S. The molecule has 1 aliphatic rings. The summed E-state index contributed by atoms with van der Waals surface area (Å²) in [5, 5.41) is 0.205. The second-order valence-electron chi connectivity index (χ2n) is 5.89. The number of benzene rings is 1. The molecule has 0 fully saturated rings. The van der Waals surface area contributed by atoms with Crippen LogP contribution in [0.5, 0.6) is 0 Å². The summed E-state index contributed by atoms with van der Waals surface area (Å²) in [5.74, 6) is 1.15. The third kappa shape index (κ3) is 3.17. The van der Waals surface area contributed by atoms with E-state index in [-0.39, 0.29) is 23.3 Å². The molecule has 1 amide bonds. The number of nitrogens with two attached hydrogens (primary N) is 1. The number of rotatable bonds is 5. The molecule has 0 radical (unpaired) electrons. The van der Waals surface area contributed by atoms with Gasteiger partial charge < -0.3 is 5.73 Å². The van der Waals surface area contributed by atoms with Gasteiger partial charge in [-0.2, -0.15) is 0 Å². The molecule has 1 aromatic heterocycles. The maximum Gasteiger partial charge on any atom is 0.233 e. The largest absolute Gasteiger partial charge is 0.383 e. The first-order chi connectivity index (χ1) is 11.5. The van der Waals surface area contributed by atoms with Crippen molar-refractivity contribution in [2.75, 3.05) is 16.4 Å². The van der Waals surface area contributed by atoms with E-state index < -0.39 is 10.8 Å². The van der Waals surface area contributed by atoms with Crippen molar-refractivity contribution in [1.82, 2.24) is 9.97 Å². The fourth-order valence-electron chi connectivity index (χ4n) is 2.64. The second-order valence-corrected chi connectivity index (χ2v) is 7.35. The Balaban J connectivity index is 1.95. The lowest BCUT2D eigenvalue weighted by atomic mass is 10.1. The fourth-order valence-corrected chi connectivity index (χ4v) is 3.59. The Morgan fingerprint density at radius 2 is 1.96 bits per heavy atom. The fraction of sp³-hybridized carbons (Fsp3) is 0.353. The van der Waals surface area contributed by atoms with Crippen LogP contribution in [0.25, 0.3) is 0 Å². The van der Waals surface area contributed by atoms with Crippen molar-refractivity contribution in [3.05, 3.63) is 41.0 Å². The van der Waals surface area contributed by atoms with E-state index in [1.165, 1.54) is 0 Å². The number of hydrogen-bond donors (Lipinski definition) is 1. The van der Waals surface area contributed by atoms with E-state index in [0.717, 1.165) is 17.5 Å². The number of hydrogen-bond acceptors (Lipinski definition) is 5. The molecule has 3 rings (SSSR count). The minimum Gasteiger partial charge on any atom is -0.383 e. The summed E-state index contributed by atoms with van der Waals surface area (Å²) >= 11 is 0. The Kier molecular flexibility index (Phi) is 4.62. The normalized spacial score (nSPS) is 14.8. The standard InChI is InChI=1S/C17H20N4O2S/c1-3-8-24(23)17-19-15(18)13-9-14(22)21(16(13)20-17)10-12-6-4-11(2)5-7-12/h4-7H,3,8-10H2,1-2H3,(H2,18,19,20). The number of anilines is 2. The summed E-state index contributed by atoms with van der Waals surface area (Å²) in [5.41, 5.74) is 8.78. The molecule has 126 valence electrons. The highest BCUT2D eigenvalue weighted by Gasteiger charge is 2.32. The van der Waals surface area contributed by atoms with E-state index >= 15 is 0 Å². The van der Waals surface area contributed by atoms with Gasteiger partial charge in [0.2, 0.25) is 11.1 Å². The molecule has 24 heavy (non-hydrogen) atoms. The average Bonchev–Trinajstić information content (AvgIpc) is 2.87. The van der Waals surface area contributed by atoms with Crippen LogP contribution in [0.1, 0.15) is 30.0 Å². The zero-order chi connectivity index (χ0) is 17.3. The van der Waals surface area contributed by atoms with E-state index in [0.29, 0.717) is 23.7 Å².